The molecule has 1 heterocycles. The molecule has 1 aromatic heterocycles. The molecule has 0 saturated carbocycles. The molecular weight excluding hydrogens is 310 g/mol. The summed E-state index contributed by atoms with van der Waals surface area (Å²) >= 11 is 0. The zero-order valence-corrected chi connectivity index (χ0v) is 14.3. The summed E-state index contributed by atoms with van der Waals surface area (Å²) in [6.07, 6.45) is 0. The van der Waals surface area contributed by atoms with Crippen LogP contribution in [0.4, 0.5) is 0 Å². The van der Waals surface area contributed by atoms with Crippen LogP contribution in [0.5, 0.6) is 5.88 Å². The lowest BCUT2D eigenvalue weighted by atomic mass is 10.1. The molecule has 0 aliphatic rings. The molecule has 1 aromatic carbocycles. The molecule has 0 unspecified atom stereocenters. The van der Waals surface area contributed by atoms with Gasteiger partial charge in [0.05, 0.1) is 32.9 Å². The highest BCUT2D eigenvalue weighted by Crippen LogP contribution is 2.32. The quantitative estimate of drug-likeness (QED) is 0.762. The van der Waals surface area contributed by atoms with Crippen molar-refractivity contribution in [2.24, 2.45) is 0 Å². The lowest BCUT2D eigenvalue weighted by molar-refractivity contribution is 0.0552. The van der Waals surface area contributed by atoms with Gasteiger partial charge in [0, 0.05) is 5.69 Å². The van der Waals surface area contributed by atoms with E-state index in [9.17, 15) is 9.59 Å². The zero-order valence-electron chi connectivity index (χ0n) is 14.3. The number of methoxy groups -OCH3 is 2. The maximum absolute atomic E-state index is 12.2. The first kappa shape index (κ1) is 17.6. The third-order valence-corrected chi connectivity index (χ3v) is 3.72. The SMILES string of the molecule is CCOc1c(C(=O)OC)c(C(=O)OC)c(C)n1Cc1ccccc1. The minimum absolute atomic E-state index is 0.0969. The zero-order chi connectivity index (χ0) is 17.7. The molecule has 0 fully saturated rings. The highest BCUT2D eigenvalue weighted by atomic mass is 16.5. The van der Waals surface area contributed by atoms with Crippen LogP contribution in [-0.4, -0.2) is 37.3 Å². The molecule has 0 spiro atoms. The van der Waals surface area contributed by atoms with Crippen molar-refractivity contribution in [1.29, 1.82) is 0 Å². The standard InChI is InChI=1S/C18H21NO5/c1-5-24-16-15(18(21)23-4)14(17(20)22-3)12(2)19(16)11-13-9-7-6-8-10-13/h6-10H,5,11H2,1-4H3. The van der Waals surface area contributed by atoms with Crippen LogP contribution in [0.1, 0.15) is 38.9 Å². The highest BCUT2D eigenvalue weighted by Gasteiger charge is 2.32. The molecule has 2 rings (SSSR count). The molecule has 0 atom stereocenters. The largest absolute Gasteiger partial charge is 0.478 e. The Morgan fingerprint density at radius 3 is 2.12 bits per heavy atom. The molecule has 0 radical (unpaired) electrons. The van der Waals surface area contributed by atoms with Gasteiger partial charge in [-0.2, -0.15) is 0 Å². The van der Waals surface area contributed by atoms with E-state index in [-0.39, 0.29) is 11.1 Å². The van der Waals surface area contributed by atoms with Gasteiger partial charge < -0.3 is 18.8 Å². The summed E-state index contributed by atoms with van der Waals surface area (Å²) in [4.78, 5) is 24.4. The van der Waals surface area contributed by atoms with E-state index in [1.165, 1.54) is 14.2 Å². The first-order valence-electron chi connectivity index (χ1n) is 7.61. The van der Waals surface area contributed by atoms with Crippen LogP contribution >= 0.6 is 0 Å². The van der Waals surface area contributed by atoms with Crippen molar-refractivity contribution in [3.05, 3.63) is 52.7 Å². The van der Waals surface area contributed by atoms with Gasteiger partial charge in [-0.3, -0.25) is 0 Å². The fourth-order valence-electron chi connectivity index (χ4n) is 2.60. The lowest BCUT2D eigenvalue weighted by Crippen LogP contribution is -2.11. The Kier molecular flexibility index (Phi) is 5.63. The molecule has 0 aliphatic heterocycles. The molecule has 128 valence electrons. The number of aromatic nitrogens is 1. The van der Waals surface area contributed by atoms with Gasteiger partial charge in [0.1, 0.15) is 5.56 Å². The van der Waals surface area contributed by atoms with Gasteiger partial charge in [0.2, 0.25) is 5.88 Å². The fraction of sp³-hybridized carbons (Fsp3) is 0.333. The van der Waals surface area contributed by atoms with Crippen LogP contribution in [-0.2, 0) is 16.0 Å². The van der Waals surface area contributed by atoms with Gasteiger partial charge in [-0.1, -0.05) is 30.3 Å². The van der Waals surface area contributed by atoms with Gasteiger partial charge in [-0.15, -0.1) is 0 Å². The Labute approximate surface area is 140 Å². The van der Waals surface area contributed by atoms with E-state index in [2.05, 4.69) is 0 Å². The van der Waals surface area contributed by atoms with Crippen molar-refractivity contribution in [2.75, 3.05) is 20.8 Å². The average molecular weight is 331 g/mol. The second kappa shape index (κ2) is 7.68. The summed E-state index contributed by atoms with van der Waals surface area (Å²) < 4.78 is 17.1. The van der Waals surface area contributed by atoms with Crippen LogP contribution in [0.3, 0.4) is 0 Å². The predicted octanol–water partition coefficient (Wildman–Crippen LogP) is 2.82. The third kappa shape index (κ3) is 3.27. The number of rotatable bonds is 6. The summed E-state index contributed by atoms with van der Waals surface area (Å²) in [7, 11) is 2.54. The summed E-state index contributed by atoms with van der Waals surface area (Å²) in [6.45, 7) is 4.38. The molecule has 0 amide bonds. The summed E-state index contributed by atoms with van der Waals surface area (Å²) in [5.41, 5.74) is 1.88. The van der Waals surface area contributed by atoms with E-state index in [0.717, 1.165) is 5.56 Å². The normalized spacial score (nSPS) is 10.3. The second-order valence-corrected chi connectivity index (χ2v) is 5.13. The van der Waals surface area contributed by atoms with E-state index in [1.54, 1.807) is 11.5 Å². The molecule has 0 N–H and O–H groups in total. The topological polar surface area (TPSA) is 66.8 Å². The number of carbonyl (C=O) groups is 2. The van der Waals surface area contributed by atoms with Crippen LogP contribution in [0.15, 0.2) is 30.3 Å². The second-order valence-electron chi connectivity index (χ2n) is 5.13. The number of hydrogen-bond acceptors (Lipinski definition) is 5. The maximum Gasteiger partial charge on any atom is 0.344 e. The number of hydrogen-bond donors (Lipinski definition) is 0. The van der Waals surface area contributed by atoms with E-state index in [0.29, 0.717) is 24.7 Å². The number of nitrogens with zero attached hydrogens (tertiary/aromatic N) is 1. The predicted molar refractivity (Wildman–Crippen MR) is 88.6 cm³/mol. The van der Waals surface area contributed by atoms with Crippen molar-refractivity contribution >= 4 is 11.9 Å². The Bertz CT molecular complexity index is 734. The average Bonchev–Trinajstić information content (AvgIpc) is 2.87. The molecular formula is C18H21NO5. The Hall–Kier alpha value is -2.76. The minimum Gasteiger partial charge on any atom is -0.478 e. The fourth-order valence-corrected chi connectivity index (χ4v) is 2.60. The van der Waals surface area contributed by atoms with Crippen LogP contribution in [0.2, 0.25) is 0 Å². The summed E-state index contributed by atoms with van der Waals surface area (Å²) in [6, 6.07) is 9.71. The van der Waals surface area contributed by atoms with Gasteiger partial charge >= 0.3 is 11.9 Å². The van der Waals surface area contributed by atoms with E-state index >= 15 is 0 Å². The first-order chi connectivity index (χ1) is 11.5. The smallest absolute Gasteiger partial charge is 0.344 e. The monoisotopic (exact) mass is 331 g/mol. The van der Waals surface area contributed by atoms with Crippen LogP contribution in [0, 0.1) is 6.92 Å². The first-order valence-corrected chi connectivity index (χ1v) is 7.61. The van der Waals surface area contributed by atoms with Crippen molar-refractivity contribution in [2.45, 2.75) is 20.4 Å². The van der Waals surface area contributed by atoms with E-state index in [4.69, 9.17) is 14.2 Å². The summed E-state index contributed by atoms with van der Waals surface area (Å²) in [5, 5.41) is 0. The number of benzene rings is 1. The summed E-state index contributed by atoms with van der Waals surface area (Å²) in [5.74, 6) is -0.916. The van der Waals surface area contributed by atoms with Gasteiger partial charge in [-0.05, 0) is 19.4 Å². The lowest BCUT2D eigenvalue weighted by Gasteiger charge is -2.12. The van der Waals surface area contributed by atoms with Gasteiger partial charge in [-0.25, -0.2) is 9.59 Å². The Morgan fingerprint density at radius 2 is 1.58 bits per heavy atom. The minimum atomic E-state index is -0.631. The van der Waals surface area contributed by atoms with E-state index < -0.39 is 11.9 Å². The third-order valence-electron chi connectivity index (χ3n) is 3.72. The molecule has 0 aliphatic carbocycles. The van der Waals surface area contributed by atoms with Gasteiger partial charge in [0.15, 0.2) is 0 Å². The van der Waals surface area contributed by atoms with Gasteiger partial charge in [0.25, 0.3) is 0 Å². The van der Waals surface area contributed by atoms with Crippen molar-refractivity contribution in [1.82, 2.24) is 4.57 Å². The van der Waals surface area contributed by atoms with Crippen LogP contribution < -0.4 is 4.74 Å². The van der Waals surface area contributed by atoms with E-state index in [1.807, 2.05) is 37.3 Å². The molecule has 24 heavy (non-hydrogen) atoms. The Morgan fingerprint density at radius 1 is 1.00 bits per heavy atom. The van der Waals surface area contributed by atoms with Crippen molar-refractivity contribution in [3.63, 3.8) is 0 Å². The molecule has 0 saturated heterocycles. The molecule has 0 bridgehead atoms. The number of ether oxygens (including phenoxy) is 3. The number of esters is 2. The molecule has 6 heteroatoms. The molecule has 2 aromatic rings. The van der Waals surface area contributed by atoms with Crippen molar-refractivity contribution in [3.8, 4) is 5.88 Å². The van der Waals surface area contributed by atoms with Crippen molar-refractivity contribution < 1.29 is 23.8 Å². The maximum atomic E-state index is 12.2. The van der Waals surface area contributed by atoms with Crippen LogP contribution in [0.25, 0.3) is 0 Å². The number of carbonyl (C=O) groups excluding carboxylic acids is 2. The highest BCUT2D eigenvalue weighted by molar-refractivity contribution is 6.06. The molecule has 6 nitrogen and oxygen atoms in total. The Balaban J connectivity index is 2.66.